The number of aromatic nitrogens is 3. The second kappa shape index (κ2) is 10.3. The Kier molecular flexibility index (Phi) is 7.68. The van der Waals surface area contributed by atoms with Gasteiger partial charge < -0.3 is 14.6 Å². The summed E-state index contributed by atoms with van der Waals surface area (Å²) in [5.74, 6) is -1.04. The quantitative estimate of drug-likeness (QED) is 0.472. The van der Waals surface area contributed by atoms with E-state index in [9.17, 15) is 27.9 Å². The fourth-order valence-corrected chi connectivity index (χ4v) is 3.69. The fraction of sp³-hybridized carbons (Fsp3) is 0.318. The van der Waals surface area contributed by atoms with Gasteiger partial charge in [0.1, 0.15) is 18.3 Å². The molecule has 0 amide bonds. The number of nitrogens with zero attached hydrogens (tertiary/aromatic N) is 3. The van der Waals surface area contributed by atoms with Crippen LogP contribution in [-0.2, 0) is 16.1 Å². The molecule has 0 aliphatic rings. The number of ether oxygens (including phenoxy) is 2. The molecule has 1 atom stereocenters. The number of carboxylic acids is 1. The van der Waals surface area contributed by atoms with Gasteiger partial charge in [0.2, 0.25) is 0 Å². The predicted octanol–water partition coefficient (Wildman–Crippen LogP) is 4.27. The number of rotatable bonds is 9. The van der Waals surface area contributed by atoms with Crippen LogP contribution in [0.3, 0.4) is 0 Å². The van der Waals surface area contributed by atoms with Crippen molar-refractivity contribution < 1.29 is 32.5 Å². The molecule has 0 fully saturated rings. The van der Waals surface area contributed by atoms with Crippen LogP contribution in [-0.4, -0.2) is 52.4 Å². The summed E-state index contributed by atoms with van der Waals surface area (Å²) in [5, 5.41) is 13.7. The van der Waals surface area contributed by atoms with Gasteiger partial charge in [-0.3, -0.25) is 14.0 Å². The zero-order valence-electron chi connectivity index (χ0n) is 18.2. The molecule has 0 aliphatic heterocycles. The Labute approximate surface area is 197 Å². The van der Waals surface area contributed by atoms with Crippen LogP contribution in [0.1, 0.15) is 12.5 Å². The topological polar surface area (TPSA) is 95.6 Å². The van der Waals surface area contributed by atoms with Gasteiger partial charge in [-0.2, -0.15) is 18.3 Å². The van der Waals surface area contributed by atoms with Gasteiger partial charge in [-0.15, -0.1) is 0 Å². The molecule has 0 aliphatic carbocycles. The Morgan fingerprint density at radius 3 is 2.53 bits per heavy atom. The van der Waals surface area contributed by atoms with Gasteiger partial charge in [0, 0.05) is 48.6 Å². The molecule has 12 heteroatoms. The highest BCUT2D eigenvalue weighted by Gasteiger charge is 2.29. The van der Waals surface area contributed by atoms with Crippen LogP contribution in [0.5, 0.6) is 5.75 Å². The first-order valence-corrected chi connectivity index (χ1v) is 10.3. The lowest BCUT2D eigenvalue weighted by atomic mass is 9.96. The highest BCUT2D eigenvalue weighted by atomic mass is 35.5. The Morgan fingerprint density at radius 1 is 1.18 bits per heavy atom. The zero-order chi connectivity index (χ0) is 25.0. The average molecular weight is 500 g/mol. The van der Waals surface area contributed by atoms with Crippen molar-refractivity contribution in [2.24, 2.45) is 0 Å². The minimum atomic E-state index is -4.44. The lowest BCUT2D eigenvalue weighted by Gasteiger charge is -2.19. The maximum absolute atomic E-state index is 12.9. The van der Waals surface area contributed by atoms with Crippen molar-refractivity contribution in [3.63, 3.8) is 0 Å². The molecule has 34 heavy (non-hydrogen) atoms. The molecule has 1 unspecified atom stereocenters. The van der Waals surface area contributed by atoms with Crippen LogP contribution < -0.4 is 10.3 Å². The first-order valence-electron chi connectivity index (χ1n) is 9.95. The summed E-state index contributed by atoms with van der Waals surface area (Å²) >= 11 is 6.18. The van der Waals surface area contributed by atoms with Crippen LogP contribution in [0, 0.1) is 0 Å². The van der Waals surface area contributed by atoms with Crippen molar-refractivity contribution in [3.05, 3.63) is 58.2 Å². The molecule has 1 N–H and O–H groups in total. The third kappa shape index (κ3) is 5.78. The van der Waals surface area contributed by atoms with Crippen LogP contribution in [0.2, 0.25) is 5.02 Å². The zero-order valence-corrected chi connectivity index (χ0v) is 18.9. The van der Waals surface area contributed by atoms with Gasteiger partial charge in [-0.1, -0.05) is 17.7 Å². The Morgan fingerprint density at radius 2 is 1.91 bits per heavy atom. The molecule has 3 rings (SSSR count). The molecule has 3 aromatic rings. The van der Waals surface area contributed by atoms with Gasteiger partial charge in [-0.05, 0) is 23.3 Å². The molecule has 0 saturated heterocycles. The molecule has 2 aromatic heterocycles. The highest BCUT2D eigenvalue weighted by Crippen LogP contribution is 2.38. The Bertz CT molecular complexity index is 1240. The smallest absolute Gasteiger partial charge is 0.408 e. The monoisotopic (exact) mass is 499 g/mol. The number of hydrogen-bond acceptors (Lipinski definition) is 5. The number of aliphatic carboxylic acids is 1. The predicted molar refractivity (Wildman–Crippen MR) is 118 cm³/mol. The summed E-state index contributed by atoms with van der Waals surface area (Å²) in [4.78, 5) is 24.6. The molecule has 0 radical (unpaired) electrons. The van der Waals surface area contributed by atoms with E-state index in [1.165, 1.54) is 38.9 Å². The molecule has 0 bridgehead atoms. The van der Waals surface area contributed by atoms with Gasteiger partial charge in [0.05, 0.1) is 19.5 Å². The number of benzene rings is 1. The van der Waals surface area contributed by atoms with E-state index in [0.717, 1.165) is 9.25 Å². The van der Waals surface area contributed by atoms with Crippen molar-refractivity contribution >= 4 is 17.6 Å². The summed E-state index contributed by atoms with van der Waals surface area (Å²) in [6.45, 7) is -1.14. The molecule has 0 spiro atoms. The number of pyridine rings is 1. The van der Waals surface area contributed by atoms with Crippen molar-refractivity contribution in [2.75, 3.05) is 20.8 Å². The lowest BCUT2D eigenvalue weighted by molar-refractivity contribution is -0.143. The summed E-state index contributed by atoms with van der Waals surface area (Å²) in [6.07, 6.45) is -0.598. The summed E-state index contributed by atoms with van der Waals surface area (Å²) in [6, 6.07) is 4.71. The number of carboxylic acid groups (broad SMARTS) is 1. The number of alkyl halides is 3. The van der Waals surface area contributed by atoms with E-state index < -0.39 is 30.3 Å². The third-order valence-corrected chi connectivity index (χ3v) is 5.27. The summed E-state index contributed by atoms with van der Waals surface area (Å²) < 4.78 is 50.4. The molecule has 1 aromatic carbocycles. The maximum atomic E-state index is 12.9. The first kappa shape index (κ1) is 25.3. The Hall–Kier alpha value is -3.31. The first-order chi connectivity index (χ1) is 16.0. The second-order valence-electron chi connectivity index (χ2n) is 7.37. The van der Waals surface area contributed by atoms with E-state index in [0.29, 0.717) is 27.3 Å². The fourth-order valence-electron chi connectivity index (χ4n) is 3.52. The largest absolute Gasteiger partial charge is 0.495 e. The van der Waals surface area contributed by atoms with Crippen LogP contribution in [0.15, 0.2) is 47.7 Å². The van der Waals surface area contributed by atoms with Crippen molar-refractivity contribution in [2.45, 2.75) is 25.2 Å². The van der Waals surface area contributed by atoms with Crippen molar-refractivity contribution in [1.29, 1.82) is 0 Å². The maximum Gasteiger partial charge on any atom is 0.408 e. The standard InChI is InChI=1S/C22H21ClF3N3O5/c1-33-6-5-18(21(31)32)29-11-19(34-2)17(8-20(29)30)16-7-14(23)3-4-15(16)13-9-27-28(10-13)12-22(24,25)26/h3-4,7-11,18H,5-6,12H2,1-2H3,(H,31,32). The highest BCUT2D eigenvalue weighted by molar-refractivity contribution is 6.31. The second-order valence-corrected chi connectivity index (χ2v) is 7.80. The van der Waals surface area contributed by atoms with E-state index in [4.69, 9.17) is 21.1 Å². The van der Waals surface area contributed by atoms with Crippen molar-refractivity contribution in [1.82, 2.24) is 14.3 Å². The molecule has 8 nitrogen and oxygen atoms in total. The van der Waals surface area contributed by atoms with Crippen LogP contribution in [0.25, 0.3) is 22.3 Å². The average Bonchev–Trinajstić information content (AvgIpc) is 3.20. The van der Waals surface area contributed by atoms with Crippen LogP contribution in [0.4, 0.5) is 13.2 Å². The summed E-state index contributed by atoms with van der Waals surface area (Å²) in [7, 11) is 2.77. The van der Waals surface area contributed by atoms with E-state index in [2.05, 4.69) is 5.10 Å². The van der Waals surface area contributed by atoms with Gasteiger partial charge in [0.25, 0.3) is 5.56 Å². The van der Waals surface area contributed by atoms with Crippen molar-refractivity contribution in [3.8, 4) is 28.0 Å². The number of halogens is 4. The van der Waals surface area contributed by atoms with E-state index >= 15 is 0 Å². The molecule has 2 heterocycles. The van der Waals surface area contributed by atoms with E-state index in [1.807, 2.05) is 0 Å². The Balaban J connectivity index is 2.13. The summed E-state index contributed by atoms with van der Waals surface area (Å²) in [5.41, 5.74) is 0.913. The number of hydrogen-bond donors (Lipinski definition) is 1. The molecule has 182 valence electrons. The SMILES string of the molecule is COCCC(C(=O)O)n1cc(OC)c(-c2cc(Cl)ccc2-c2cnn(CC(F)(F)F)c2)cc1=O. The van der Waals surface area contributed by atoms with Gasteiger partial charge >= 0.3 is 12.1 Å². The number of methoxy groups -OCH3 is 2. The lowest BCUT2D eigenvalue weighted by Crippen LogP contribution is -2.30. The van der Waals surface area contributed by atoms with Crippen LogP contribution >= 0.6 is 11.6 Å². The molecular formula is C22H21ClF3N3O5. The van der Waals surface area contributed by atoms with Gasteiger partial charge in [0.15, 0.2) is 0 Å². The van der Waals surface area contributed by atoms with E-state index in [1.54, 1.807) is 18.2 Å². The minimum absolute atomic E-state index is 0.0506. The number of carbonyl (C=O) groups is 1. The minimum Gasteiger partial charge on any atom is -0.495 e. The normalized spacial score (nSPS) is 12.5. The van der Waals surface area contributed by atoms with Gasteiger partial charge in [-0.25, -0.2) is 4.79 Å². The third-order valence-electron chi connectivity index (χ3n) is 5.04. The molecular weight excluding hydrogens is 479 g/mol. The molecule has 0 saturated carbocycles. The van der Waals surface area contributed by atoms with E-state index in [-0.39, 0.29) is 18.8 Å².